The van der Waals surface area contributed by atoms with Crippen molar-refractivity contribution >= 4 is 7.60 Å². The molecule has 28 heavy (non-hydrogen) atoms. The van der Waals surface area contributed by atoms with Gasteiger partial charge in [-0.2, -0.15) is 0 Å². The Morgan fingerprint density at radius 2 is 1.14 bits per heavy atom. The summed E-state index contributed by atoms with van der Waals surface area (Å²) < 4.78 is 25.6. The highest BCUT2D eigenvalue weighted by Gasteiger charge is 2.31. The molecule has 0 N–H and O–H groups in total. The first-order valence-electron chi connectivity index (χ1n) is 10.5. The summed E-state index contributed by atoms with van der Waals surface area (Å²) in [6.45, 7) is 6.22. The number of para-hydroxylation sites is 2. The highest BCUT2D eigenvalue weighted by Crippen LogP contribution is 2.49. The molecule has 2 aromatic rings. The molecule has 5 heteroatoms. The summed E-state index contributed by atoms with van der Waals surface area (Å²) in [4.78, 5) is 2.25. The molecule has 2 aromatic carbocycles. The summed E-state index contributed by atoms with van der Waals surface area (Å²) in [7, 11) is -3.39. The van der Waals surface area contributed by atoms with Crippen molar-refractivity contribution in [3.05, 3.63) is 60.7 Å². The van der Waals surface area contributed by atoms with Gasteiger partial charge in [0.1, 0.15) is 17.8 Å². The molecule has 0 fully saturated rings. The molecular weight excluding hydrogens is 369 g/mol. The van der Waals surface area contributed by atoms with Crippen molar-refractivity contribution in [2.45, 2.75) is 52.4 Å². The van der Waals surface area contributed by atoms with Crippen molar-refractivity contribution in [3.63, 3.8) is 0 Å². The predicted octanol–water partition coefficient (Wildman–Crippen LogP) is 6.98. The van der Waals surface area contributed by atoms with Crippen LogP contribution in [-0.4, -0.2) is 24.3 Å². The molecule has 0 aromatic heterocycles. The lowest BCUT2D eigenvalue weighted by Gasteiger charge is -2.27. The van der Waals surface area contributed by atoms with E-state index in [4.69, 9.17) is 9.05 Å². The fraction of sp³-hybridized carbons (Fsp3) is 0.478. The minimum Gasteiger partial charge on any atom is -0.415 e. The molecule has 0 amide bonds. The molecule has 2 rings (SSSR count). The third kappa shape index (κ3) is 8.50. The molecule has 0 spiro atoms. The second kappa shape index (κ2) is 12.6. The Kier molecular flexibility index (Phi) is 10.2. The van der Waals surface area contributed by atoms with E-state index in [0.29, 0.717) is 17.8 Å². The average Bonchev–Trinajstić information content (AvgIpc) is 2.69. The highest BCUT2D eigenvalue weighted by atomic mass is 31.2. The Hall–Kier alpha value is -1.77. The Morgan fingerprint density at radius 1 is 0.714 bits per heavy atom. The first-order chi connectivity index (χ1) is 13.6. The molecule has 0 aliphatic heterocycles. The molecule has 0 bridgehead atoms. The van der Waals surface area contributed by atoms with Crippen LogP contribution in [0.2, 0.25) is 0 Å². The standard InChI is InChI=1S/C23H34NO3P/c1-3-5-13-19-24(20-14-6-4-2)21-28(25,26-22-15-9-7-10-16-22)27-23-17-11-8-12-18-23/h7-12,15-18H,3-6,13-14,19-21H2,1-2H3. The zero-order valence-corrected chi connectivity index (χ0v) is 18.2. The maximum atomic E-state index is 13.7. The quantitative estimate of drug-likeness (QED) is 0.252. The van der Waals surface area contributed by atoms with Crippen molar-refractivity contribution in [2.24, 2.45) is 0 Å². The molecule has 0 radical (unpaired) electrons. The number of hydrogen-bond acceptors (Lipinski definition) is 4. The van der Waals surface area contributed by atoms with Gasteiger partial charge in [-0.1, -0.05) is 75.9 Å². The Labute approximate surface area is 170 Å². The maximum Gasteiger partial charge on any atom is 0.444 e. The van der Waals surface area contributed by atoms with Gasteiger partial charge >= 0.3 is 7.60 Å². The van der Waals surface area contributed by atoms with E-state index >= 15 is 0 Å². The lowest BCUT2D eigenvalue weighted by Crippen LogP contribution is -2.29. The molecule has 4 nitrogen and oxygen atoms in total. The second-order valence-corrected chi connectivity index (χ2v) is 8.96. The number of rotatable bonds is 14. The van der Waals surface area contributed by atoms with E-state index in [0.717, 1.165) is 25.9 Å². The summed E-state index contributed by atoms with van der Waals surface area (Å²) in [5, 5.41) is 0. The maximum absolute atomic E-state index is 13.7. The molecule has 0 aliphatic rings. The van der Waals surface area contributed by atoms with Crippen LogP contribution < -0.4 is 9.05 Å². The highest BCUT2D eigenvalue weighted by molar-refractivity contribution is 7.54. The van der Waals surface area contributed by atoms with Crippen molar-refractivity contribution in [1.29, 1.82) is 0 Å². The first-order valence-corrected chi connectivity index (χ1v) is 12.2. The van der Waals surface area contributed by atoms with Crippen LogP contribution >= 0.6 is 7.60 Å². The van der Waals surface area contributed by atoms with Crippen LogP contribution in [0.1, 0.15) is 52.4 Å². The molecule has 0 atom stereocenters. The fourth-order valence-electron chi connectivity index (χ4n) is 3.03. The van der Waals surface area contributed by atoms with Crippen LogP contribution in [0.4, 0.5) is 0 Å². The largest absolute Gasteiger partial charge is 0.444 e. The third-order valence-corrected chi connectivity index (χ3v) is 6.23. The number of hydrogen-bond donors (Lipinski definition) is 0. The zero-order chi connectivity index (χ0) is 20.1. The minimum absolute atomic E-state index is 0.296. The molecule has 0 saturated heterocycles. The topological polar surface area (TPSA) is 38.8 Å². The van der Waals surface area contributed by atoms with E-state index in [1.165, 1.54) is 25.7 Å². The van der Waals surface area contributed by atoms with E-state index in [1.807, 2.05) is 60.7 Å². The minimum atomic E-state index is -3.39. The van der Waals surface area contributed by atoms with Gasteiger partial charge in [0.05, 0.1) is 0 Å². The summed E-state index contributed by atoms with van der Waals surface area (Å²) in [5.41, 5.74) is 0. The van der Waals surface area contributed by atoms with Crippen molar-refractivity contribution < 1.29 is 13.6 Å². The lowest BCUT2D eigenvalue weighted by atomic mass is 10.2. The summed E-state index contributed by atoms with van der Waals surface area (Å²) in [6.07, 6.45) is 7.17. The smallest absolute Gasteiger partial charge is 0.415 e. The van der Waals surface area contributed by atoms with Crippen LogP contribution in [0, 0.1) is 0 Å². The van der Waals surface area contributed by atoms with Gasteiger partial charge < -0.3 is 9.05 Å². The van der Waals surface area contributed by atoms with Crippen LogP contribution in [0.25, 0.3) is 0 Å². The summed E-state index contributed by atoms with van der Waals surface area (Å²) in [6, 6.07) is 18.6. The van der Waals surface area contributed by atoms with Gasteiger partial charge in [0.25, 0.3) is 0 Å². The summed E-state index contributed by atoms with van der Waals surface area (Å²) >= 11 is 0. The van der Waals surface area contributed by atoms with Gasteiger partial charge in [-0.3, -0.25) is 4.90 Å². The van der Waals surface area contributed by atoms with Crippen molar-refractivity contribution in [3.8, 4) is 11.5 Å². The normalized spacial score (nSPS) is 11.5. The van der Waals surface area contributed by atoms with Gasteiger partial charge in [0.15, 0.2) is 0 Å². The Morgan fingerprint density at radius 3 is 1.54 bits per heavy atom. The SMILES string of the molecule is CCCCCN(CCCCC)CP(=O)(Oc1ccccc1)Oc1ccccc1. The number of unbranched alkanes of at least 4 members (excludes halogenated alkanes) is 4. The van der Waals surface area contributed by atoms with E-state index in [1.54, 1.807) is 0 Å². The predicted molar refractivity (Wildman–Crippen MR) is 117 cm³/mol. The summed E-state index contributed by atoms with van der Waals surface area (Å²) in [5.74, 6) is 1.15. The van der Waals surface area contributed by atoms with Gasteiger partial charge in [0, 0.05) is 0 Å². The lowest BCUT2D eigenvalue weighted by molar-refractivity contribution is 0.271. The van der Waals surface area contributed by atoms with Gasteiger partial charge in [-0.25, -0.2) is 4.57 Å². The Balaban J connectivity index is 2.15. The monoisotopic (exact) mass is 403 g/mol. The molecule has 0 aliphatic carbocycles. The van der Waals surface area contributed by atoms with Crippen LogP contribution in [0.3, 0.4) is 0 Å². The van der Waals surface area contributed by atoms with Crippen LogP contribution in [0.15, 0.2) is 60.7 Å². The van der Waals surface area contributed by atoms with E-state index in [9.17, 15) is 4.57 Å². The third-order valence-electron chi connectivity index (χ3n) is 4.50. The Bertz CT molecular complexity index is 638. The van der Waals surface area contributed by atoms with Crippen molar-refractivity contribution in [2.75, 3.05) is 19.4 Å². The zero-order valence-electron chi connectivity index (χ0n) is 17.3. The molecular formula is C23H34NO3P. The number of benzene rings is 2. The fourth-order valence-corrected chi connectivity index (χ4v) is 4.84. The van der Waals surface area contributed by atoms with Gasteiger partial charge in [-0.05, 0) is 50.2 Å². The van der Waals surface area contributed by atoms with E-state index in [2.05, 4.69) is 18.7 Å². The van der Waals surface area contributed by atoms with Crippen LogP contribution in [0.5, 0.6) is 11.5 Å². The molecule has 0 heterocycles. The average molecular weight is 404 g/mol. The first kappa shape index (κ1) is 22.5. The van der Waals surface area contributed by atoms with Crippen LogP contribution in [-0.2, 0) is 4.57 Å². The molecule has 154 valence electrons. The molecule has 0 saturated carbocycles. The van der Waals surface area contributed by atoms with E-state index < -0.39 is 7.60 Å². The van der Waals surface area contributed by atoms with Crippen molar-refractivity contribution in [1.82, 2.24) is 4.90 Å². The van der Waals surface area contributed by atoms with Gasteiger partial charge in [-0.15, -0.1) is 0 Å². The second-order valence-electron chi connectivity index (χ2n) is 7.09. The molecule has 0 unspecified atom stereocenters. The number of nitrogens with zero attached hydrogens (tertiary/aromatic N) is 1. The van der Waals surface area contributed by atoms with Gasteiger partial charge in [0.2, 0.25) is 0 Å². The van der Waals surface area contributed by atoms with E-state index in [-0.39, 0.29) is 0 Å².